The highest BCUT2D eigenvalue weighted by molar-refractivity contribution is 5.47. The molecule has 5 heteroatoms. The lowest BCUT2D eigenvalue weighted by molar-refractivity contribution is -0.137. The third kappa shape index (κ3) is 4.35. The van der Waals surface area contributed by atoms with E-state index in [4.69, 9.17) is 0 Å². The van der Waals surface area contributed by atoms with E-state index in [9.17, 15) is 17.6 Å². The normalized spacial score (nSPS) is 23.1. The van der Waals surface area contributed by atoms with Crippen molar-refractivity contribution in [1.82, 2.24) is 0 Å². The van der Waals surface area contributed by atoms with Crippen LogP contribution in [-0.2, 0) is 6.18 Å². The van der Waals surface area contributed by atoms with E-state index in [0.717, 1.165) is 37.7 Å². The van der Waals surface area contributed by atoms with Crippen molar-refractivity contribution in [2.24, 2.45) is 5.92 Å². The summed E-state index contributed by atoms with van der Waals surface area (Å²) < 4.78 is 51.2. The summed E-state index contributed by atoms with van der Waals surface area (Å²) in [7, 11) is 0. The Kier molecular flexibility index (Phi) is 5.12. The van der Waals surface area contributed by atoms with Gasteiger partial charge in [0.05, 0.1) is 11.3 Å². The molecule has 1 aliphatic rings. The van der Waals surface area contributed by atoms with Crippen LogP contribution in [0.15, 0.2) is 18.2 Å². The van der Waals surface area contributed by atoms with Crippen LogP contribution in [0, 0.1) is 11.7 Å². The average Bonchev–Trinajstić information content (AvgIpc) is 2.42. The molecule has 2 rings (SSSR count). The van der Waals surface area contributed by atoms with E-state index in [1.54, 1.807) is 0 Å². The Balaban J connectivity index is 1.95. The van der Waals surface area contributed by atoms with Crippen molar-refractivity contribution in [3.05, 3.63) is 29.6 Å². The summed E-state index contributed by atoms with van der Waals surface area (Å²) in [5, 5.41) is 3.05. The predicted molar refractivity (Wildman–Crippen MR) is 75.7 cm³/mol. The number of alkyl halides is 3. The van der Waals surface area contributed by atoms with Crippen LogP contribution < -0.4 is 5.32 Å². The summed E-state index contributed by atoms with van der Waals surface area (Å²) in [6.45, 7) is 2.17. The van der Waals surface area contributed by atoms with Crippen molar-refractivity contribution in [3.63, 3.8) is 0 Å². The first-order valence-electron chi connectivity index (χ1n) is 7.53. The second-order valence-corrected chi connectivity index (χ2v) is 5.84. The maximum Gasteiger partial charge on any atom is 0.416 e. The van der Waals surface area contributed by atoms with Crippen LogP contribution >= 0.6 is 0 Å². The van der Waals surface area contributed by atoms with Gasteiger partial charge in [-0.05, 0) is 49.8 Å². The first kappa shape index (κ1) is 16.1. The molecular weight excluding hydrogens is 282 g/mol. The van der Waals surface area contributed by atoms with Gasteiger partial charge in [0.15, 0.2) is 0 Å². The van der Waals surface area contributed by atoms with Gasteiger partial charge in [0.1, 0.15) is 5.82 Å². The van der Waals surface area contributed by atoms with E-state index in [1.807, 2.05) is 0 Å². The standard InChI is InChI=1S/C16H21F4N/c1-2-3-11-4-7-13(8-5-11)21-15-9-6-12(10-14(15)17)16(18,19)20/h6,9-11,13,21H,2-5,7-8H2,1H3. The van der Waals surface area contributed by atoms with Crippen molar-refractivity contribution in [3.8, 4) is 0 Å². The maximum atomic E-state index is 13.8. The summed E-state index contributed by atoms with van der Waals surface area (Å²) in [5.74, 6) is -0.0917. The molecule has 0 heterocycles. The average molecular weight is 303 g/mol. The second kappa shape index (κ2) is 6.67. The van der Waals surface area contributed by atoms with Crippen molar-refractivity contribution < 1.29 is 17.6 Å². The van der Waals surface area contributed by atoms with Gasteiger partial charge in [-0.25, -0.2) is 4.39 Å². The summed E-state index contributed by atoms with van der Waals surface area (Å²) in [5.41, 5.74) is -0.779. The number of hydrogen-bond donors (Lipinski definition) is 1. The van der Waals surface area contributed by atoms with Crippen LogP contribution in [0.5, 0.6) is 0 Å². The first-order chi connectivity index (χ1) is 9.90. The van der Waals surface area contributed by atoms with Gasteiger partial charge in [0, 0.05) is 6.04 Å². The highest BCUT2D eigenvalue weighted by Gasteiger charge is 2.31. The third-order valence-corrected chi connectivity index (χ3v) is 4.20. The molecule has 0 bridgehead atoms. The Bertz CT molecular complexity index is 462. The lowest BCUT2D eigenvalue weighted by Crippen LogP contribution is -2.26. The first-order valence-corrected chi connectivity index (χ1v) is 7.53. The molecule has 0 aromatic heterocycles. The quantitative estimate of drug-likeness (QED) is 0.712. The van der Waals surface area contributed by atoms with Gasteiger partial charge in [0.25, 0.3) is 0 Å². The molecule has 1 fully saturated rings. The highest BCUT2D eigenvalue weighted by Crippen LogP contribution is 2.33. The number of hydrogen-bond acceptors (Lipinski definition) is 1. The van der Waals surface area contributed by atoms with Crippen LogP contribution in [0.25, 0.3) is 0 Å². The van der Waals surface area contributed by atoms with Crippen molar-refractivity contribution in [2.45, 2.75) is 57.7 Å². The fourth-order valence-electron chi connectivity index (χ4n) is 3.03. The molecule has 1 nitrogen and oxygen atoms in total. The lowest BCUT2D eigenvalue weighted by Gasteiger charge is -2.29. The molecule has 1 aromatic rings. The minimum absolute atomic E-state index is 0.157. The Morgan fingerprint density at radius 1 is 1.14 bits per heavy atom. The van der Waals surface area contributed by atoms with E-state index < -0.39 is 17.6 Å². The molecule has 0 aliphatic heterocycles. The zero-order valence-electron chi connectivity index (χ0n) is 12.1. The van der Waals surface area contributed by atoms with Gasteiger partial charge in [-0.15, -0.1) is 0 Å². The van der Waals surface area contributed by atoms with E-state index in [1.165, 1.54) is 18.9 Å². The molecule has 0 amide bonds. The molecule has 118 valence electrons. The van der Waals surface area contributed by atoms with Gasteiger partial charge in [0.2, 0.25) is 0 Å². The lowest BCUT2D eigenvalue weighted by atomic mass is 9.83. The third-order valence-electron chi connectivity index (χ3n) is 4.20. The summed E-state index contributed by atoms with van der Waals surface area (Å²) >= 11 is 0. The zero-order valence-corrected chi connectivity index (χ0v) is 12.1. The fourth-order valence-corrected chi connectivity index (χ4v) is 3.03. The van der Waals surface area contributed by atoms with Crippen LogP contribution in [-0.4, -0.2) is 6.04 Å². The second-order valence-electron chi connectivity index (χ2n) is 5.84. The molecule has 21 heavy (non-hydrogen) atoms. The molecule has 1 aromatic carbocycles. The van der Waals surface area contributed by atoms with E-state index in [0.29, 0.717) is 6.07 Å². The highest BCUT2D eigenvalue weighted by atomic mass is 19.4. The number of benzene rings is 1. The van der Waals surface area contributed by atoms with Gasteiger partial charge in [-0.2, -0.15) is 13.2 Å². The molecule has 1 N–H and O–H groups in total. The van der Waals surface area contributed by atoms with Crippen LogP contribution in [0.1, 0.15) is 51.0 Å². The molecule has 0 spiro atoms. The summed E-state index contributed by atoms with van der Waals surface area (Å²) in [6, 6.07) is 2.83. The van der Waals surface area contributed by atoms with Gasteiger partial charge < -0.3 is 5.32 Å². The minimum Gasteiger partial charge on any atom is -0.380 e. The van der Waals surface area contributed by atoms with E-state index >= 15 is 0 Å². The monoisotopic (exact) mass is 303 g/mol. The summed E-state index contributed by atoms with van der Waals surface area (Å²) in [6.07, 6.45) is 2.01. The summed E-state index contributed by atoms with van der Waals surface area (Å²) in [4.78, 5) is 0. The molecular formula is C16H21F4N. The van der Waals surface area contributed by atoms with Gasteiger partial charge >= 0.3 is 6.18 Å². The Morgan fingerprint density at radius 3 is 2.33 bits per heavy atom. The molecule has 0 atom stereocenters. The predicted octanol–water partition coefficient (Wildman–Crippen LogP) is 5.62. The Hall–Kier alpha value is -1.26. The maximum absolute atomic E-state index is 13.8. The van der Waals surface area contributed by atoms with E-state index in [-0.39, 0.29) is 11.7 Å². The zero-order chi connectivity index (χ0) is 15.5. The van der Waals surface area contributed by atoms with Crippen LogP contribution in [0.2, 0.25) is 0 Å². The fraction of sp³-hybridized carbons (Fsp3) is 0.625. The topological polar surface area (TPSA) is 12.0 Å². The van der Waals surface area contributed by atoms with Crippen molar-refractivity contribution in [1.29, 1.82) is 0 Å². The van der Waals surface area contributed by atoms with E-state index in [2.05, 4.69) is 12.2 Å². The number of rotatable bonds is 4. The molecule has 0 saturated heterocycles. The largest absolute Gasteiger partial charge is 0.416 e. The number of halogens is 4. The van der Waals surface area contributed by atoms with Crippen LogP contribution in [0.3, 0.4) is 0 Å². The van der Waals surface area contributed by atoms with Crippen LogP contribution in [0.4, 0.5) is 23.2 Å². The van der Waals surface area contributed by atoms with Crippen molar-refractivity contribution >= 4 is 5.69 Å². The molecule has 1 aliphatic carbocycles. The van der Waals surface area contributed by atoms with Gasteiger partial charge in [-0.1, -0.05) is 19.8 Å². The number of anilines is 1. The smallest absolute Gasteiger partial charge is 0.380 e. The van der Waals surface area contributed by atoms with Gasteiger partial charge in [-0.3, -0.25) is 0 Å². The molecule has 1 saturated carbocycles. The Labute approximate surface area is 122 Å². The minimum atomic E-state index is -4.50. The molecule has 0 unspecified atom stereocenters. The number of nitrogens with one attached hydrogen (secondary N) is 1. The SMILES string of the molecule is CCCC1CCC(Nc2ccc(C(F)(F)F)cc2F)CC1. The van der Waals surface area contributed by atoms with Crippen molar-refractivity contribution in [2.75, 3.05) is 5.32 Å². The molecule has 0 radical (unpaired) electrons. The Morgan fingerprint density at radius 2 is 1.81 bits per heavy atom.